The minimum atomic E-state index is 0.322. The highest BCUT2D eigenvalue weighted by Crippen LogP contribution is 2.27. The lowest BCUT2D eigenvalue weighted by atomic mass is 9.92. The van der Waals surface area contributed by atoms with Gasteiger partial charge in [0, 0.05) is 12.8 Å². The van der Waals surface area contributed by atoms with E-state index in [-0.39, 0.29) is 0 Å². The zero-order chi connectivity index (χ0) is 10.5. The molecule has 1 aliphatic rings. The maximum absolute atomic E-state index is 5.73. The molecule has 0 spiro atoms. The SMILES string of the molecule is C=COC1CC(OCc2ccccc2)C1. The summed E-state index contributed by atoms with van der Waals surface area (Å²) in [5.41, 5.74) is 1.23. The van der Waals surface area contributed by atoms with E-state index in [1.807, 2.05) is 18.2 Å². The maximum Gasteiger partial charge on any atom is 0.103 e. The molecule has 0 saturated heterocycles. The molecule has 0 N–H and O–H groups in total. The van der Waals surface area contributed by atoms with E-state index in [9.17, 15) is 0 Å². The summed E-state index contributed by atoms with van der Waals surface area (Å²) >= 11 is 0. The molecular formula is C13H16O2. The van der Waals surface area contributed by atoms with Crippen molar-refractivity contribution in [3.63, 3.8) is 0 Å². The van der Waals surface area contributed by atoms with Crippen molar-refractivity contribution in [1.82, 2.24) is 0 Å². The zero-order valence-corrected chi connectivity index (χ0v) is 8.76. The Morgan fingerprint density at radius 3 is 2.60 bits per heavy atom. The molecule has 0 amide bonds. The zero-order valence-electron chi connectivity index (χ0n) is 8.76. The predicted octanol–water partition coefficient (Wildman–Crippen LogP) is 2.89. The van der Waals surface area contributed by atoms with Gasteiger partial charge in [0.2, 0.25) is 0 Å². The highest BCUT2D eigenvalue weighted by molar-refractivity contribution is 5.13. The number of benzene rings is 1. The fourth-order valence-electron chi connectivity index (χ4n) is 1.69. The van der Waals surface area contributed by atoms with Gasteiger partial charge in [-0.05, 0) is 5.56 Å². The van der Waals surface area contributed by atoms with Gasteiger partial charge >= 0.3 is 0 Å². The fraction of sp³-hybridized carbons (Fsp3) is 0.385. The fourth-order valence-corrected chi connectivity index (χ4v) is 1.69. The van der Waals surface area contributed by atoms with Crippen molar-refractivity contribution < 1.29 is 9.47 Å². The molecule has 0 atom stereocenters. The molecule has 80 valence electrons. The third-order valence-corrected chi connectivity index (χ3v) is 2.67. The first-order valence-corrected chi connectivity index (χ1v) is 5.30. The summed E-state index contributed by atoms with van der Waals surface area (Å²) in [6.45, 7) is 4.24. The Kier molecular flexibility index (Phi) is 3.41. The molecule has 2 rings (SSSR count). The molecule has 1 fully saturated rings. The summed E-state index contributed by atoms with van der Waals surface area (Å²) in [6, 6.07) is 10.2. The maximum atomic E-state index is 5.73. The molecule has 15 heavy (non-hydrogen) atoms. The molecule has 1 saturated carbocycles. The standard InChI is InChI=1S/C13H16O2/c1-2-14-12-8-13(9-12)15-10-11-6-4-3-5-7-11/h2-7,12-13H,1,8-10H2. The molecule has 0 aromatic heterocycles. The van der Waals surface area contributed by atoms with Crippen molar-refractivity contribution in [1.29, 1.82) is 0 Å². The third-order valence-electron chi connectivity index (χ3n) is 2.67. The van der Waals surface area contributed by atoms with Crippen LogP contribution in [0.3, 0.4) is 0 Å². The lowest BCUT2D eigenvalue weighted by Gasteiger charge is -2.34. The van der Waals surface area contributed by atoms with Crippen LogP contribution in [0.4, 0.5) is 0 Å². The van der Waals surface area contributed by atoms with E-state index in [2.05, 4.69) is 18.7 Å². The van der Waals surface area contributed by atoms with E-state index in [0.717, 1.165) is 12.8 Å². The van der Waals surface area contributed by atoms with Crippen LogP contribution in [0.5, 0.6) is 0 Å². The van der Waals surface area contributed by atoms with Gasteiger partial charge in [-0.1, -0.05) is 36.9 Å². The van der Waals surface area contributed by atoms with Gasteiger partial charge in [-0.25, -0.2) is 0 Å². The van der Waals surface area contributed by atoms with Crippen molar-refractivity contribution in [2.45, 2.75) is 31.7 Å². The molecule has 1 aromatic carbocycles. The number of hydrogen-bond donors (Lipinski definition) is 0. The van der Waals surface area contributed by atoms with E-state index < -0.39 is 0 Å². The Labute approximate surface area is 90.5 Å². The van der Waals surface area contributed by atoms with E-state index in [0.29, 0.717) is 18.8 Å². The van der Waals surface area contributed by atoms with Gasteiger partial charge in [-0.15, -0.1) is 0 Å². The molecule has 0 heterocycles. The topological polar surface area (TPSA) is 18.5 Å². The van der Waals surface area contributed by atoms with E-state index in [1.54, 1.807) is 0 Å². The minimum absolute atomic E-state index is 0.322. The van der Waals surface area contributed by atoms with Crippen molar-refractivity contribution in [3.8, 4) is 0 Å². The van der Waals surface area contributed by atoms with E-state index >= 15 is 0 Å². The monoisotopic (exact) mass is 204 g/mol. The van der Waals surface area contributed by atoms with Crippen LogP contribution in [0.15, 0.2) is 43.2 Å². The molecule has 0 unspecified atom stereocenters. The number of hydrogen-bond acceptors (Lipinski definition) is 2. The van der Waals surface area contributed by atoms with Crippen molar-refractivity contribution in [3.05, 3.63) is 48.7 Å². The van der Waals surface area contributed by atoms with Gasteiger partial charge in [0.05, 0.1) is 19.0 Å². The average molecular weight is 204 g/mol. The van der Waals surface area contributed by atoms with Gasteiger partial charge in [-0.3, -0.25) is 0 Å². The minimum Gasteiger partial charge on any atom is -0.498 e. The van der Waals surface area contributed by atoms with Crippen LogP contribution in [-0.4, -0.2) is 12.2 Å². The molecule has 0 radical (unpaired) electrons. The third kappa shape index (κ3) is 2.83. The number of rotatable bonds is 5. The largest absolute Gasteiger partial charge is 0.498 e. The van der Waals surface area contributed by atoms with E-state index in [1.165, 1.54) is 11.8 Å². The Hall–Kier alpha value is -1.28. The van der Waals surface area contributed by atoms with Gasteiger partial charge in [0.25, 0.3) is 0 Å². The molecule has 2 nitrogen and oxygen atoms in total. The second-order valence-electron chi connectivity index (χ2n) is 3.81. The van der Waals surface area contributed by atoms with Crippen molar-refractivity contribution in [2.75, 3.05) is 0 Å². The first-order chi connectivity index (χ1) is 7.38. The van der Waals surface area contributed by atoms with Gasteiger partial charge in [0.15, 0.2) is 0 Å². The lowest BCUT2D eigenvalue weighted by molar-refractivity contribution is -0.0820. The van der Waals surface area contributed by atoms with Crippen LogP contribution in [0.2, 0.25) is 0 Å². The van der Waals surface area contributed by atoms with Crippen LogP contribution < -0.4 is 0 Å². The highest BCUT2D eigenvalue weighted by atomic mass is 16.5. The highest BCUT2D eigenvalue weighted by Gasteiger charge is 2.30. The van der Waals surface area contributed by atoms with Gasteiger partial charge in [0.1, 0.15) is 6.10 Å². The molecule has 1 aromatic rings. The lowest BCUT2D eigenvalue weighted by Crippen LogP contribution is -2.36. The summed E-state index contributed by atoms with van der Waals surface area (Å²) in [4.78, 5) is 0. The Balaban J connectivity index is 1.66. The van der Waals surface area contributed by atoms with E-state index in [4.69, 9.17) is 9.47 Å². The Bertz CT molecular complexity index is 302. The average Bonchev–Trinajstić information content (AvgIpc) is 2.23. The van der Waals surface area contributed by atoms with Gasteiger partial charge in [-0.2, -0.15) is 0 Å². The van der Waals surface area contributed by atoms with Crippen LogP contribution in [-0.2, 0) is 16.1 Å². The summed E-state index contributed by atoms with van der Waals surface area (Å²) in [7, 11) is 0. The van der Waals surface area contributed by atoms with Crippen molar-refractivity contribution >= 4 is 0 Å². The first kappa shape index (κ1) is 10.2. The Morgan fingerprint density at radius 1 is 1.20 bits per heavy atom. The van der Waals surface area contributed by atoms with Crippen LogP contribution in [0.1, 0.15) is 18.4 Å². The quantitative estimate of drug-likeness (QED) is 0.686. The predicted molar refractivity (Wildman–Crippen MR) is 59.3 cm³/mol. The molecule has 0 bridgehead atoms. The van der Waals surface area contributed by atoms with Crippen LogP contribution in [0.25, 0.3) is 0 Å². The number of ether oxygens (including phenoxy) is 2. The smallest absolute Gasteiger partial charge is 0.103 e. The van der Waals surface area contributed by atoms with Gasteiger partial charge < -0.3 is 9.47 Å². The summed E-state index contributed by atoms with van der Waals surface area (Å²) in [5, 5.41) is 0. The molecule has 1 aliphatic carbocycles. The summed E-state index contributed by atoms with van der Waals surface area (Å²) in [6.07, 6.45) is 4.16. The van der Waals surface area contributed by atoms with Crippen LogP contribution in [0, 0.1) is 0 Å². The molecule has 0 aliphatic heterocycles. The first-order valence-electron chi connectivity index (χ1n) is 5.30. The van der Waals surface area contributed by atoms with Crippen molar-refractivity contribution in [2.24, 2.45) is 0 Å². The normalized spacial score (nSPS) is 24.3. The molecule has 2 heteroatoms. The Morgan fingerprint density at radius 2 is 1.93 bits per heavy atom. The second-order valence-corrected chi connectivity index (χ2v) is 3.81. The summed E-state index contributed by atoms with van der Waals surface area (Å²) < 4.78 is 11.0. The van der Waals surface area contributed by atoms with Crippen LogP contribution >= 0.6 is 0 Å². The summed E-state index contributed by atoms with van der Waals surface area (Å²) in [5.74, 6) is 0. The second kappa shape index (κ2) is 4.99. The molecular weight excluding hydrogens is 188 g/mol.